The average molecular weight is 350 g/mol. The average Bonchev–Trinajstić information content (AvgIpc) is 2.38. The molecule has 0 amide bonds. The summed E-state index contributed by atoms with van der Waals surface area (Å²) in [6.07, 6.45) is 0. The summed E-state index contributed by atoms with van der Waals surface area (Å²) in [5.74, 6) is 0.240. The van der Waals surface area contributed by atoms with E-state index in [0.717, 1.165) is 11.3 Å². The second-order valence-corrected chi connectivity index (χ2v) is 5.77. The van der Waals surface area contributed by atoms with Crippen molar-refractivity contribution < 1.29 is 26.5 Å². The van der Waals surface area contributed by atoms with Gasteiger partial charge in [-0.05, 0) is 31.2 Å². The van der Waals surface area contributed by atoms with Crippen LogP contribution in [0, 0.1) is 6.92 Å². The largest absolute Gasteiger partial charge is 1.00 e. The SMILES string of the molecule is Cc1ccc(C(=O)Oc2cccc([N+](C)(C)C)c2)cc1.[Br-]. The lowest BCUT2D eigenvalue weighted by Crippen LogP contribution is -3.00. The molecule has 21 heavy (non-hydrogen) atoms. The molecule has 0 heterocycles. The normalized spacial score (nSPS) is 10.7. The van der Waals surface area contributed by atoms with Gasteiger partial charge in [0, 0.05) is 6.07 Å². The summed E-state index contributed by atoms with van der Waals surface area (Å²) >= 11 is 0. The van der Waals surface area contributed by atoms with E-state index in [-0.39, 0.29) is 23.0 Å². The molecule has 0 atom stereocenters. The van der Waals surface area contributed by atoms with E-state index in [1.165, 1.54) is 0 Å². The zero-order chi connectivity index (χ0) is 14.8. The highest BCUT2D eigenvalue weighted by Crippen LogP contribution is 2.23. The van der Waals surface area contributed by atoms with Gasteiger partial charge in [0.2, 0.25) is 0 Å². The number of hydrogen-bond donors (Lipinski definition) is 0. The highest BCUT2D eigenvalue weighted by Gasteiger charge is 2.14. The van der Waals surface area contributed by atoms with E-state index in [1.807, 2.05) is 37.3 Å². The van der Waals surface area contributed by atoms with Crippen LogP contribution in [0.15, 0.2) is 48.5 Å². The zero-order valence-electron chi connectivity index (χ0n) is 12.8. The third-order valence-corrected chi connectivity index (χ3v) is 3.09. The van der Waals surface area contributed by atoms with Gasteiger partial charge in [0.1, 0.15) is 11.4 Å². The predicted octanol–water partition coefficient (Wildman–Crippen LogP) is 0.415. The minimum atomic E-state index is -0.330. The van der Waals surface area contributed by atoms with Crippen molar-refractivity contribution in [2.24, 2.45) is 0 Å². The summed E-state index contributed by atoms with van der Waals surface area (Å²) in [5.41, 5.74) is 2.76. The van der Waals surface area contributed by atoms with Crippen molar-refractivity contribution in [3.8, 4) is 5.75 Å². The van der Waals surface area contributed by atoms with Crippen molar-refractivity contribution in [3.05, 3.63) is 59.7 Å². The molecule has 0 saturated carbocycles. The molecule has 0 unspecified atom stereocenters. The molecule has 2 aromatic carbocycles. The van der Waals surface area contributed by atoms with Crippen LogP contribution in [-0.2, 0) is 0 Å². The summed E-state index contributed by atoms with van der Waals surface area (Å²) < 4.78 is 6.10. The Kier molecular flexibility index (Phi) is 5.70. The van der Waals surface area contributed by atoms with E-state index in [2.05, 4.69) is 21.1 Å². The maximum Gasteiger partial charge on any atom is 0.343 e. The quantitative estimate of drug-likeness (QED) is 0.456. The van der Waals surface area contributed by atoms with Crippen LogP contribution in [0.25, 0.3) is 0 Å². The number of nitrogens with zero attached hydrogens (tertiary/aromatic N) is 1. The second kappa shape index (κ2) is 6.87. The summed E-state index contributed by atoms with van der Waals surface area (Å²) in [4.78, 5) is 12.1. The van der Waals surface area contributed by atoms with Gasteiger partial charge in [-0.25, -0.2) is 4.79 Å². The molecule has 0 fully saturated rings. The molecular weight excluding hydrogens is 330 g/mol. The summed E-state index contributed by atoms with van der Waals surface area (Å²) in [6.45, 7) is 1.99. The van der Waals surface area contributed by atoms with E-state index in [4.69, 9.17) is 4.74 Å². The Morgan fingerprint density at radius 3 is 2.19 bits per heavy atom. The molecule has 0 bridgehead atoms. The third-order valence-electron chi connectivity index (χ3n) is 3.09. The monoisotopic (exact) mass is 349 g/mol. The van der Waals surface area contributed by atoms with Crippen LogP contribution in [0.1, 0.15) is 15.9 Å². The van der Waals surface area contributed by atoms with Crippen molar-refractivity contribution in [2.75, 3.05) is 21.1 Å². The lowest BCUT2D eigenvalue weighted by atomic mass is 10.1. The van der Waals surface area contributed by atoms with Crippen molar-refractivity contribution in [3.63, 3.8) is 0 Å². The molecular formula is C17H20BrNO2. The Bertz CT molecular complexity index is 615. The Balaban J connectivity index is 0.00000220. The lowest BCUT2D eigenvalue weighted by Gasteiger charge is -2.23. The molecule has 0 aromatic heterocycles. The van der Waals surface area contributed by atoms with Crippen molar-refractivity contribution in [1.29, 1.82) is 0 Å². The molecule has 112 valence electrons. The first-order valence-electron chi connectivity index (χ1n) is 6.57. The van der Waals surface area contributed by atoms with Crippen LogP contribution < -0.4 is 26.2 Å². The van der Waals surface area contributed by atoms with Gasteiger partial charge in [-0.3, -0.25) is 4.48 Å². The highest BCUT2D eigenvalue weighted by atomic mass is 79.9. The first-order valence-corrected chi connectivity index (χ1v) is 6.57. The summed E-state index contributed by atoms with van der Waals surface area (Å²) in [6, 6.07) is 15.0. The van der Waals surface area contributed by atoms with Crippen molar-refractivity contribution >= 4 is 11.7 Å². The molecule has 0 spiro atoms. The van der Waals surface area contributed by atoms with Gasteiger partial charge in [0.25, 0.3) is 0 Å². The Labute approximate surface area is 136 Å². The zero-order valence-corrected chi connectivity index (χ0v) is 14.3. The van der Waals surface area contributed by atoms with E-state index in [9.17, 15) is 4.79 Å². The maximum atomic E-state index is 12.1. The van der Waals surface area contributed by atoms with E-state index in [1.54, 1.807) is 18.2 Å². The van der Waals surface area contributed by atoms with E-state index in [0.29, 0.717) is 15.8 Å². The number of halogens is 1. The summed E-state index contributed by atoms with van der Waals surface area (Å²) in [7, 11) is 6.21. The van der Waals surface area contributed by atoms with Crippen molar-refractivity contribution in [2.45, 2.75) is 6.92 Å². The number of rotatable bonds is 3. The van der Waals surface area contributed by atoms with Crippen LogP contribution in [0.5, 0.6) is 5.75 Å². The number of benzene rings is 2. The molecule has 0 N–H and O–H groups in total. The van der Waals surface area contributed by atoms with Gasteiger partial charge in [-0.2, -0.15) is 0 Å². The number of quaternary nitrogens is 1. The van der Waals surface area contributed by atoms with E-state index >= 15 is 0 Å². The Morgan fingerprint density at radius 1 is 1.00 bits per heavy atom. The fraction of sp³-hybridized carbons (Fsp3) is 0.235. The van der Waals surface area contributed by atoms with Gasteiger partial charge >= 0.3 is 5.97 Å². The fourth-order valence-electron chi connectivity index (χ4n) is 1.82. The molecule has 3 nitrogen and oxygen atoms in total. The minimum absolute atomic E-state index is 0. The molecule has 2 rings (SSSR count). The Hall–Kier alpha value is -1.65. The number of carbonyl (C=O) groups is 1. The van der Waals surface area contributed by atoms with Gasteiger partial charge in [0.15, 0.2) is 0 Å². The number of carbonyl (C=O) groups excluding carboxylic acids is 1. The first kappa shape index (κ1) is 17.4. The molecule has 0 saturated heterocycles. The van der Waals surface area contributed by atoms with Gasteiger partial charge in [0.05, 0.1) is 26.7 Å². The lowest BCUT2D eigenvalue weighted by molar-refractivity contribution is -0.0000173. The molecule has 0 aliphatic carbocycles. The van der Waals surface area contributed by atoms with Gasteiger partial charge in [-0.1, -0.05) is 23.8 Å². The van der Waals surface area contributed by atoms with Gasteiger partial charge < -0.3 is 21.7 Å². The highest BCUT2D eigenvalue weighted by molar-refractivity contribution is 5.91. The number of esters is 1. The van der Waals surface area contributed by atoms with Crippen LogP contribution in [0.4, 0.5) is 5.69 Å². The second-order valence-electron chi connectivity index (χ2n) is 5.77. The predicted molar refractivity (Wildman–Crippen MR) is 82.1 cm³/mol. The Morgan fingerprint density at radius 2 is 1.62 bits per heavy atom. The van der Waals surface area contributed by atoms with Crippen LogP contribution in [0.3, 0.4) is 0 Å². The smallest absolute Gasteiger partial charge is 0.343 e. The molecule has 2 aromatic rings. The third kappa shape index (κ3) is 4.69. The van der Waals surface area contributed by atoms with E-state index < -0.39 is 0 Å². The molecule has 0 aliphatic rings. The molecule has 0 aliphatic heterocycles. The number of hydrogen-bond acceptors (Lipinski definition) is 2. The standard InChI is InChI=1S/C17H20NO2.BrH/c1-13-8-10-14(11-9-13)17(19)20-16-7-5-6-15(12-16)18(2,3)4;/h5-12H,1-4H3;1H/q+1;/p-1. The first-order chi connectivity index (χ1) is 9.36. The molecule has 0 radical (unpaired) electrons. The topological polar surface area (TPSA) is 26.3 Å². The fourth-order valence-corrected chi connectivity index (χ4v) is 1.82. The van der Waals surface area contributed by atoms with Crippen LogP contribution >= 0.6 is 0 Å². The summed E-state index contributed by atoms with van der Waals surface area (Å²) in [5, 5.41) is 0. The van der Waals surface area contributed by atoms with Crippen molar-refractivity contribution in [1.82, 2.24) is 4.48 Å². The minimum Gasteiger partial charge on any atom is -1.00 e. The maximum absolute atomic E-state index is 12.1. The van der Waals surface area contributed by atoms with Crippen LogP contribution in [-0.4, -0.2) is 27.1 Å². The number of aryl methyl sites for hydroxylation is 1. The molecule has 4 heteroatoms. The van der Waals surface area contributed by atoms with Crippen LogP contribution in [0.2, 0.25) is 0 Å². The number of ether oxygens (including phenoxy) is 1. The van der Waals surface area contributed by atoms with Gasteiger partial charge in [-0.15, -0.1) is 0 Å².